The lowest BCUT2D eigenvalue weighted by Gasteiger charge is -1.96. The molecule has 0 radical (unpaired) electrons. The highest BCUT2D eigenvalue weighted by molar-refractivity contribution is 9.10. The molecule has 3 nitrogen and oxygen atoms in total. The second kappa shape index (κ2) is 4.47. The Labute approximate surface area is 101 Å². The summed E-state index contributed by atoms with van der Waals surface area (Å²) in [5, 5.41) is 6.49. The Hall–Kier alpha value is -0.650. The van der Waals surface area contributed by atoms with E-state index in [1.807, 2.05) is 17.9 Å². The molecule has 2 aromatic heterocycles. The smallest absolute Gasteiger partial charge is 0.0723 e. The van der Waals surface area contributed by atoms with E-state index in [-0.39, 0.29) is 0 Å². The Bertz CT molecular complexity index is 461. The third-order valence-electron chi connectivity index (χ3n) is 2.12. The molecule has 0 amide bonds. The highest BCUT2D eigenvalue weighted by Crippen LogP contribution is 2.31. The van der Waals surface area contributed by atoms with Gasteiger partial charge in [-0.1, -0.05) is 0 Å². The van der Waals surface area contributed by atoms with E-state index in [0.717, 1.165) is 16.6 Å². The van der Waals surface area contributed by atoms with Crippen LogP contribution in [0.3, 0.4) is 0 Å². The zero-order chi connectivity index (χ0) is 10.8. The summed E-state index contributed by atoms with van der Waals surface area (Å²) in [5.41, 5.74) is 7.84. The monoisotopic (exact) mass is 285 g/mol. The van der Waals surface area contributed by atoms with E-state index in [1.54, 1.807) is 11.3 Å². The normalized spacial score (nSPS) is 10.9. The lowest BCUT2D eigenvalue weighted by atomic mass is 10.2. The van der Waals surface area contributed by atoms with Crippen LogP contribution in [0.4, 0.5) is 0 Å². The van der Waals surface area contributed by atoms with Crippen molar-refractivity contribution in [2.24, 2.45) is 12.8 Å². The first-order valence-electron chi connectivity index (χ1n) is 4.67. The molecule has 15 heavy (non-hydrogen) atoms. The summed E-state index contributed by atoms with van der Waals surface area (Å²) in [6.45, 7) is 0.635. The van der Waals surface area contributed by atoms with E-state index in [1.165, 1.54) is 10.4 Å². The van der Waals surface area contributed by atoms with Gasteiger partial charge >= 0.3 is 0 Å². The number of aromatic nitrogens is 2. The summed E-state index contributed by atoms with van der Waals surface area (Å²) >= 11 is 5.17. The third kappa shape index (κ3) is 2.30. The Kier molecular flexibility index (Phi) is 3.23. The van der Waals surface area contributed by atoms with Gasteiger partial charge in [-0.3, -0.25) is 4.68 Å². The molecule has 0 saturated carbocycles. The van der Waals surface area contributed by atoms with Gasteiger partial charge in [-0.25, -0.2) is 0 Å². The molecule has 2 N–H and O–H groups in total. The van der Waals surface area contributed by atoms with Crippen LogP contribution < -0.4 is 5.73 Å². The molecule has 2 rings (SSSR count). The van der Waals surface area contributed by atoms with Crippen LogP contribution in [-0.4, -0.2) is 16.3 Å². The summed E-state index contributed by atoms with van der Waals surface area (Å²) < 4.78 is 2.96. The minimum absolute atomic E-state index is 0.635. The molecule has 0 fully saturated rings. The fraction of sp³-hybridized carbons (Fsp3) is 0.300. The lowest BCUT2D eigenvalue weighted by molar-refractivity contribution is 0.739. The van der Waals surface area contributed by atoms with Gasteiger partial charge in [-0.2, -0.15) is 5.10 Å². The van der Waals surface area contributed by atoms with Crippen LogP contribution in [0, 0.1) is 0 Å². The zero-order valence-corrected chi connectivity index (χ0v) is 10.8. The van der Waals surface area contributed by atoms with Gasteiger partial charge in [-0.15, -0.1) is 11.3 Å². The van der Waals surface area contributed by atoms with Crippen LogP contribution in [-0.2, 0) is 13.5 Å². The number of nitrogens with two attached hydrogens (primary N) is 1. The molecule has 0 aliphatic heterocycles. The Balaban J connectivity index is 2.42. The second-order valence-electron chi connectivity index (χ2n) is 3.33. The van der Waals surface area contributed by atoms with Gasteiger partial charge < -0.3 is 5.73 Å². The summed E-state index contributed by atoms with van der Waals surface area (Å²) in [5.74, 6) is 0. The molecule has 2 heterocycles. The van der Waals surface area contributed by atoms with E-state index < -0.39 is 0 Å². The van der Waals surface area contributed by atoms with Crippen LogP contribution in [0.25, 0.3) is 10.4 Å². The third-order valence-corrected chi connectivity index (χ3v) is 3.84. The molecule has 0 atom stereocenters. The van der Waals surface area contributed by atoms with Crippen molar-refractivity contribution in [2.45, 2.75) is 6.42 Å². The van der Waals surface area contributed by atoms with Gasteiger partial charge in [0, 0.05) is 40.0 Å². The summed E-state index contributed by atoms with van der Waals surface area (Å²) in [4.78, 5) is 1.23. The van der Waals surface area contributed by atoms with Crippen molar-refractivity contribution in [1.29, 1.82) is 0 Å². The predicted molar refractivity (Wildman–Crippen MR) is 67.0 cm³/mol. The van der Waals surface area contributed by atoms with Crippen LogP contribution in [0.5, 0.6) is 0 Å². The highest BCUT2D eigenvalue weighted by Gasteiger charge is 2.10. The topological polar surface area (TPSA) is 43.8 Å². The molecule has 0 aliphatic rings. The molecule has 0 spiro atoms. The average molecular weight is 286 g/mol. The highest BCUT2D eigenvalue weighted by atomic mass is 79.9. The Morgan fingerprint density at radius 1 is 1.60 bits per heavy atom. The first-order valence-corrected chi connectivity index (χ1v) is 6.35. The van der Waals surface area contributed by atoms with Crippen LogP contribution >= 0.6 is 27.3 Å². The van der Waals surface area contributed by atoms with Crippen molar-refractivity contribution in [2.75, 3.05) is 6.54 Å². The van der Waals surface area contributed by atoms with Crippen molar-refractivity contribution < 1.29 is 0 Å². The minimum atomic E-state index is 0.635. The summed E-state index contributed by atoms with van der Waals surface area (Å²) in [6.07, 6.45) is 2.87. The van der Waals surface area contributed by atoms with Crippen LogP contribution in [0.2, 0.25) is 0 Å². The molecule has 0 unspecified atom stereocenters. The SMILES string of the molecule is Cn1cc(-c2cc(Br)cs2)c(CCN)n1. The maximum atomic E-state index is 5.57. The number of rotatable bonds is 3. The second-order valence-corrected chi connectivity index (χ2v) is 5.16. The maximum Gasteiger partial charge on any atom is 0.0723 e. The van der Waals surface area contributed by atoms with Gasteiger partial charge in [-0.05, 0) is 28.5 Å². The van der Waals surface area contributed by atoms with Crippen LogP contribution in [0.1, 0.15) is 5.69 Å². The molecule has 0 bridgehead atoms. The van der Waals surface area contributed by atoms with Gasteiger partial charge in [0.15, 0.2) is 0 Å². The molecule has 0 aromatic carbocycles. The maximum absolute atomic E-state index is 5.57. The molecule has 80 valence electrons. The first kappa shape index (κ1) is 10.9. The van der Waals surface area contributed by atoms with Gasteiger partial charge in [0.25, 0.3) is 0 Å². The number of nitrogens with zero attached hydrogens (tertiary/aromatic N) is 2. The van der Waals surface area contributed by atoms with Crippen molar-refractivity contribution in [3.63, 3.8) is 0 Å². The van der Waals surface area contributed by atoms with Gasteiger partial charge in [0.1, 0.15) is 0 Å². The van der Waals surface area contributed by atoms with Gasteiger partial charge in [0.05, 0.1) is 5.69 Å². The van der Waals surface area contributed by atoms with Crippen molar-refractivity contribution in [3.05, 3.63) is 27.8 Å². The molecule has 2 aromatic rings. The van der Waals surface area contributed by atoms with Crippen molar-refractivity contribution in [1.82, 2.24) is 9.78 Å². The van der Waals surface area contributed by atoms with E-state index in [0.29, 0.717) is 6.54 Å². The zero-order valence-electron chi connectivity index (χ0n) is 8.40. The average Bonchev–Trinajstić information content (AvgIpc) is 2.73. The quantitative estimate of drug-likeness (QED) is 0.941. The number of aryl methyl sites for hydroxylation is 1. The standard InChI is InChI=1S/C10H12BrN3S/c1-14-5-8(9(13-14)2-3-12)10-4-7(11)6-15-10/h4-6H,2-3,12H2,1H3. The number of thiophene rings is 1. The fourth-order valence-electron chi connectivity index (χ4n) is 1.52. The minimum Gasteiger partial charge on any atom is -0.330 e. The van der Waals surface area contributed by atoms with E-state index in [4.69, 9.17) is 5.73 Å². The van der Waals surface area contributed by atoms with E-state index in [2.05, 4.69) is 32.5 Å². The molecule has 0 aliphatic carbocycles. The molecular weight excluding hydrogens is 274 g/mol. The largest absolute Gasteiger partial charge is 0.330 e. The van der Waals surface area contributed by atoms with Gasteiger partial charge in [0.2, 0.25) is 0 Å². The van der Waals surface area contributed by atoms with Crippen molar-refractivity contribution in [3.8, 4) is 10.4 Å². The van der Waals surface area contributed by atoms with E-state index >= 15 is 0 Å². The molecule has 0 saturated heterocycles. The number of hydrogen-bond acceptors (Lipinski definition) is 3. The summed E-state index contributed by atoms with van der Waals surface area (Å²) in [6, 6.07) is 2.11. The lowest BCUT2D eigenvalue weighted by Crippen LogP contribution is -2.04. The Morgan fingerprint density at radius 2 is 2.40 bits per heavy atom. The van der Waals surface area contributed by atoms with Crippen LogP contribution in [0.15, 0.2) is 22.1 Å². The van der Waals surface area contributed by atoms with E-state index in [9.17, 15) is 0 Å². The number of halogens is 1. The molecular formula is C10H12BrN3S. The Morgan fingerprint density at radius 3 is 3.00 bits per heavy atom. The fourth-order valence-corrected chi connectivity index (χ4v) is 2.98. The predicted octanol–water partition coefficient (Wildman–Crippen LogP) is 2.41. The molecule has 5 heteroatoms. The number of hydrogen-bond donors (Lipinski definition) is 1. The first-order chi connectivity index (χ1) is 7.20. The van der Waals surface area contributed by atoms with Crippen molar-refractivity contribution >= 4 is 27.3 Å². The summed E-state index contributed by atoms with van der Waals surface area (Å²) in [7, 11) is 1.94.